The average molecular weight is 236 g/mol. The highest BCUT2D eigenvalue weighted by molar-refractivity contribution is 6.30. The summed E-state index contributed by atoms with van der Waals surface area (Å²) in [5.41, 5.74) is 1.03. The molecular weight excluding hydrogens is 226 g/mol. The third kappa shape index (κ3) is 2.87. The van der Waals surface area contributed by atoms with Crippen molar-refractivity contribution in [2.75, 3.05) is 0 Å². The molecule has 1 aromatic carbocycles. The fourth-order valence-electron chi connectivity index (χ4n) is 1.24. The second-order valence-electron chi connectivity index (χ2n) is 3.31. The third-order valence-corrected chi connectivity index (χ3v) is 2.34. The standard InChI is InChI=1S/C12H10ClNO2/c13-11-3-1-10(2-4-11)9-16-12-5-7-14(15)8-6-12/h1-8H,9H2. The van der Waals surface area contributed by atoms with Gasteiger partial charge in [0.05, 0.1) is 0 Å². The number of hydrogen-bond acceptors (Lipinski definition) is 2. The first-order valence-electron chi connectivity index (χ1n) is 4.80. The van der Waals surface area contributed by atoms with Gasteiger partial charge < -0.3 is 9.94 Å². The molecule has 0 N–H and O–H groups in total. The lowest BCUT2D eigenvalue weighted by molar-refractivity contribution is -0.605. The zero-order chi connectivity index (χ0) is 11.4. The molecule has 0 fully saturated rings. The Morgan fingerprint density at radius 1 is 1.06 bits per heavy atom. The van der Waals surface area contributed by atoms with Crippen LogP contribution in [0.2, 0.25) is 5.02 Å². The Kier molecular flexibility index (Phi) is 3.27. The van der Waals surface area contributed by atoms with E-state index in [1.807, 2.05) is 24.3 Å². The predicted octanol–water partition coefficient (Wildman–Crippen LogP) is 2.55. The van der Waals surface area contributed by atoms with Crippen molar-refractivity contribution in [2.45, 2.75) is 6.61 Å². The summed E-state index contributed by atoms with van der Waals surface area (Å²) >= 11 is 5.77. The van der Waals surface area contributed by atoms with Crippen LogP contribution in [-0.4, -0.2) is 0 Å². The van der Waals surface area contributed by atoms with Crippen LogP contribution in [0.4, 0.5) is 0 Å². The van der Waals surface area contributed by atoms with Gasteiger partial charge in [-0.05, 0) is 17.7 Å². The summed E-state index contributed by atoms with van der Waals surface area (Å²) in [6.45, 7) is 0.458. The molecule has 0 radical (unpaired) electrons. The molecule has 4 heteroatoms. The van der Waals surface area contributed by atoms with Gasteiger partial charge in [0.2, 0.25) is 0 Å². The molecule has 2 aromatic rings. The van der Waals surface area contributed by atoms with Crippen LogP contribution in [0.5, 0.6) is 5.75 Å². The highest BCUT2D eigenvalue weighted by atomic mass is 35.5. The highest BCUT2D eigenvalue weighted by Gasteiger charge is 1.97. The maximum atomic E-state index is 10.8. The molecule has 0 aliphatic carbocycles. The van der Waals surface area contributed by atoms with E-state index in [9.17, 15) is 5.21 Å². The van der Waals surface area contributed by atoms with Gasteiger partial charge in [-0.25, -0.2) is 0 Å². The van der Waals surface area contributed by atoms with Crippen LogP contribution in [0.15, 0.2) is 48.8 Å². The molecule has 3 nitrogen and oxygen atoms in total. The summed E-state index contributed by atoms with van der Waals surface area (Å²) in [6, 6.07) is 10.7. The van der Waals surface area contributed by atoms with Crippen molar-refractivity contribution in [1.29, 1.82) is 0 Å². The minimum Gasteiger partial charge on any atom is -0.619 e. The lowest BCUT2D eigenvalue weighted by atomic mass is 10.2. The minimum atomic E-state index is 0.458. The fraction of sp³-hybridized carbons (Fsp3) is 0.0833. The second-order valence-corrected chi connectivity index (χ2v) is 3.75. The van der Waals surface area contributed by atoms with Crippen molar-refractivity contribution in [3.8, 4) is 5.75 Å². The molecule has 0 atom stereocenters. The molecule has 0 amide bonds. The molecule has 2 rings (SSSR count). The number of ether oxygens (including phenoxy) is 1. The van der Waals surface area contributed by atoms with Gasteiger partial charge in [0.25, 0.3) is 0 Å². The molecule has 0 saturated carbocycles. The first kappa shape index (κ1) is 10.8. The Balaban J connectivity index is 1.97. The van der Waals surface area contributed by atoms with Crippen molar-refractivity contribution in [3.05, 3.63) is 64.6 Å². The van der Waals surface area contributed by atoms with E-state index in [2.05, 4.69) is 0 Å². The summed E-state index contributed by atoms with van der Waals surface area (Å²) in [5.74, 6) is 0.669. The van der Waals surface area contributed by atoms with Gasteiger partial charge in [-0.1, -0.05) is 23.7 Å². The van der Waals surface area contributed by atoms with E-state index in [-0.39, 0.29) is 0 Å². The van der Waals surface area contributed by atoms with Gasteiger partial charge in [0.15, 0.2) is 12.4 Å². The van der Waals surface area contributed by atoms with Gasteiger partial charge in [0, 0.05) is 17.2 Å². The molecule has 1 aromatic heterocycles. The quantitative estimate of drug-likeness (QED) is 0.606. The molecule has 0 unspecified atom stereocenters. The van der Waals surface area contributed by atoms with Gasteiger partial charge in [-0.15, -0.1) is 0 Å². The van der Waals surface area contributed by atoms with Crippen LogP contribution in [-0.2, 0) is 6.61 Å². The van der Waals surface area contributed by atoms with E-state index < -0.39 is 0 Å². The molecule has 0 spiro atoms. The lowest BCUT2D eigenvalue weighted by Gasteiger charge is -2.05. The second kappa shape index (κ2) is 4.86. The zero-order valence-corrected chi connectivity index (χ0v) is 9.22. The summed E-state index contributed by atoms with van der Waals surface area (Å²) in [4.78, 5) is 0. The molecule has 0 aliphatic rings. The van der Waals surface area contributed by atoms with E-state index >= 15 is 0 Å². The summed E-state index contributed by atoms with van der Waals surface area (Å²) in [5, 5.41) is 11.5. The first-order chi connectivity index (χ1) is 7.74. The first-order valence-corrected chi connectivity index (χ1v) is 5.18. The van der Waals surface area contributed by atoms with E-state index in [1.54, 1.807) is 12.1 Å². The van der Waals surface area contributed by atoms with Crippen molar-refractivity contribution in [2.24, 2.45) is 0 Å². The van der Waals surface area contributed by atoms with E-state index in [0.29, 0.717) is 17.4 Å². The Hall–Kier alpha value is -1.74. The van der Waals surface area contributed by atoms with Crippen LogP contribution < -0.4 is 9.47 Å². The van der Waals surface area contributed by atoms with Crippen LogP contribution in [0.25, 0.3) is 0 Å². The Labute approximate surface area is 98.4 Å². The number of rotatable bonds is 3. The Morgan fingerprint density at radius 2 is 1.69 bits per heavy atom. The Morgan fingerprint density at radius 3 is 2.31 bits per heavy atom. The van der Waals surface area contributed by atoms with Crippen LogP contribution in [0.3, 0.4) is 0 Å². The van der Waals surface area contributed by atoms with Gasteiger partial charge in [-0.3, -0.25) is 0 Å². The van der Waals surface area contributed by atoms with Crippen LogP contribution >= 0.6 is 11.6 Å². The van der Waals surface area contributed by atoms with E-state index in [4.69, 9.17) is 16.3 Å². The van der Waals surface area contributed by atoms with Gasteiger partial charge in [0.1, 0.15) is 12.4 Å². The molecule has 1 heterocycles. The highest BCUT2D eigenvalue weighted by Crippen LogP contribution is 2.13. The molecule has 0 aliphatic heterocycles. The normalized spacial score (nSPS) is 10.1. The number of pyridine rings is 1. The van der Waals surface area contributed by atoms with Crippen LogP contribution in [0.1, 0.15) is 5.56 Å². The number of benzene rings is 1. The van der Waals surface area contributed by atoms with Crippen LogP contribution in [0, 0.1) is 5.21 Å². The molecular formula is C12H10ClNO2. The number of halogens is 1. The summed E-state index contributed by atoms with van der Waals surface area (Å²) in [6.07, 6.45) is 2.80. The predicted molar refractivity (Wildman–Crippen MR) is 61.2 cm³/mol. The van der Waals surface area contributed by atoms with Crippen molar-refractivity contribution in [3.63, 3.8) is 0 Å². The third-order valence-electron chi connectivity index (χ3n) is 2.09. The SMILES string of the molecule is [O-][n+]1ccc(OCc2ccc(Cl)cc2)cc1. The maximum Gasteiger partial charge on any atom is 0.184 e. The largest absolute Gasteiger partial charge is 0.619 e. The fourth-order valence-corrected chi connectivity index (χ4v) is 1.37. The van der Waals surface area contributed by atoms with Crippen molar-refractivity contribution >= 4 is 11.6 Å². The minimum absolute atomic E-state index is 0.458. The van der Waals surface area contributed by atoms with E-state index in [0.717, 1.165) is 10.3 Å². The van der Waals surface area contributed by atoms with Crippen molar-refractivity contribution in [1.82, 2.24) is 0 Å². The smallest absolute Gasteiger partial charge is 0.184 e. The monoisotopic (exact) mass is 235 g/mol. The number of aromatic nitrogens is 1. The molecule has 0 bridgehead atoms. The zero-order valence-electron chi connectivity index (χ0n) is 8.47. The lowest BCUT2D eigenvalue weighted by Crippen LogP contribution is -2.23. The topological polar surface area (TPSA) is 36.2 Å². The number of hydrogen-bond donors (Lipinski definition) is 0. The average Bonchev–Trinajstić information content (AvgIpc) is 2.30. The summed E-state index contributed by atoms with van der Waals surface area (Å²) in [7, 11) is 0. The summed E-state index contributed by atoms with van der Waals surface area (Å²) < 4.78 is 6.21. The Bertz CT molecular complexity index is 408. The molecule has 0 saturated heterocycles. The molecule has 16 heavy (non-hydrogen) atoms. The van der Waals surface area contributed by atoms with E-state index in [1.165, 1.54) is 12.4 Å². The van der Waals surface area contributed by atoms with Gasteiger partial charge in [-0.2, -0.15) is 4.73 Å². The van der Waals surface area contributed by atoms with Gasteiger partial charge >= 0.3 is 0 Å². The number of nitrogens with zero attached hydrogens (tertiary/aromatic N) is 1. The van der Waals surface area contributed by atoms with Crippen molar-refractivity contribution < 1.29 is 9.47 Å². The molecule has 82 valence electrons. The maximum absolute atomic E-state index is 10.8.